The molecule has 0 radical (unpaired) electrons. The molecule has 0 aliphatic carbocycles. The third-order valence-electron chi connectivity index (χ3n) is 4.49. The van der Waals surface area contributed by atoms with E-state index in [1.165, 1.54) is 5.56 Å². The molecule has 0 saturated carbocycles. The summed E-state index contributed by atoms with van der Waals surface area (Å²) >= 11 is 0. The van der Waals surface area contributed by atoms with Crippen LogP contribution in [0.25, 0.3) is 0 Å². The minimum atomic E-state index is -0.122. The van der Waals surface area contributed by atoms with Crippen LogP contribution in [0.3, 0.4) is 0 Å². The summed E-state index contributed by atoms with van der Waals surface area (Å²) in [7, 11) is 0. The molecule has 0 spiro atoms. The van der Waals surface area contributed by atoms with Gasteiger partial charge in [0.2, 0.25) is 0 Å². The molecular weight excluding hydrogens is 324 g/mol. The molecule has 2 heterocycles. The van der Waals surface area contributed by atoms with Gasteiger partial charge in [-0.05, 0) is 50.4 Å². The summed E-state index contributed by atoms with van der Waals surface area (Å²) in [5.74, 6) is -0.122. The first-order valence-electron chi connectivity index (χ1n) is 8.27. The van der Waals surface area contributed by atoms with Crippen molar-refractivity contribution >= 4 is 18.3 Å². The maximum atomic E-state index is 12.4. The van der Waals surface area contributed by atoms with Crippen LogP contribution >= 0.6 is 12.4 Å². The monoisotopic (exact) mass is 348 g/mol. The number of aromatic nitrogens is 2. The Bertz CT molecular complexity index is 679. The fourth-order valence-electron chi connectivity index (χ4n) is 3.14. The first kappa shape index (κ1) is 18.5. The first-order valence-corrected chi connectivity index (χ1v) is 8.27. The normalized spacial score (nSPS) is 18.5. The van der Waals surface area contributed by atoms with E-state index in [2.05, 4.69) is 28.7 Å². The minimum Gasteiger partial charge on any atom is -0.344 e. The van der Waals surface area contributed by atoms with Crippen molar-refractivity contribution < 1.29 is 4.79 Å². The van der Waals surface area contributed by atoms with E-state index in [0.717, 1.165) is 31.5 Å². The quantitative estimate of drug-likeness (QED) is 0.892. The zero-order valence-electron chi connectivity index (χ0n) is 14.2. The summed E-state index contributed by atoms with van der Waals surface area (Å²) < 4.78 is 1.92. The average Bonchev–Trinajstić information content (AvgIpc) is 3.06. The van der Waals surface area contributed by atoms with Gasteiger partial charge in [-0.1, -0.05) is 24.3 Å². The largest absolute Gasteiger partial charge is 0.344 e. The lowest BCUT2D eigenvalue weighted by Gasteiger charge is -2.23. The second-order valence-corrected chi connectivity index (χ2v) is 6.23. The molecule has 1 saturated heterocycles. The second kappa shape index (κ2) is 8.31. The standard InChI is InChI=1S/C18H24N4O.ClH/c1-13-6-3-4-8-16(13)14(2)20-18(23)17-9-11-22(21-17)15-7-5-10-19-12-15;/h3-4,6,8-9,11,14-15,19H,5,7,10,12H2,1-2H3,(H,20,23);1H. The minimum absolute atomic E-state index is 0. The van der Waals surface area contributed by atoms with E-state index >= 15 is 0 Å². The highest BCUT2D eigenvalue weighted by Gasteiger charge is 2.19. The van der Waals surface area contributed by atoms with E-state index in [4.69, 9.17) is 0 Å². The van der Waals surface area contributed by atoms with Gasteiger partial charge in [0.15, 0.2) is 0 Å². The lowest BCUT2D eigenvalue weighted by molar-refractivity contribution is 0.0933. The van der Waals surface area contributed by atoms with Gasteiger partial charge in [-0.3, -0.25) is 9.48 Å². The van der Waals surface area contributed by atoms with E-state index in [9.17, 15) is 4.79 Å². The van der Waals surface area contributed by atoms with Gasteiger partial charge in [0.1, 0.15) is 5.69 Å². The zero-order valence-corrected chi connectivity index (χ0v) is 15.0. The van der Waals surface area contributed by atoms with Crippen molar-refractivity contribution in [2.75, 3.05) is 13.1 Å². The number of hydrogen-bond donors (Lipinski definition) is 2. The Morgan fingerprint density at radius 2 is 2.17 bits per heavy atom. The first-order chi connectivity index (χ1) is 11.1. The molecule has 2 aromatic rings. The van der Waals surface area contributed by atoms with E-state index in [1.54, 1.807) is 6.07 Å². The number of piperidine rings is 1. The van der Waals surface area contributed by atoms with Crippen LogP contribution in [0.1, 0.15) is 53.5 Å². The molecule has 2 N–H and O–H groups in total. The summed E-state index contributed by atoms with van der Waals surface area (Å²) in [4.78, 5) is 12.4. The van der Waals surface area contributed by atoms with Crippen molar-refractivity contribution in [1.82, 2.24) is 20.4 Å². The molecule has 1 aliphatic rings. The summed E-state index contributed by atoms with van der Waals surface area (Å²) in [6, 6.07) is 10.2. The smallest absolute Gasteiger partial charge is 0.272 e. The number of nitrogens with one attached hydrogen (secondary N) is 2. The zero-order chi connectivity index (χ0) is 16.2. The Hall–Kier alpha value is -1.85. The van der Waals surface area contributed by atoms with Crippen LogP contribution in [0.4, 0.5) is 0 Å². The number of rotatable bonds is 4. The maximum absolute atomic E-state index is 12.4. The highest BCUT2D eigenvalue weighted by Crippen LogP contribution is 2.18. The van der Waals surface area contributed by atoms with E-state index < -0.39 is 0 Å². The Labute approximate surface area is 149 Å². The van der Waals surface area contributed by atoms with Gasteiger partial charge in [-0.15, -0.1) is 12.4 Å². The number of aryl methyl sites for hydroxylation is 1. The van der Waals surface area contributed by atoms with Crippen LogP contribution < -0.4 is 10.6 Å². The van der Waals surface area contributed by atoms with Crippen LogP contribution in [0, 0.1) is 6.92 Å². The predicted molar refractivity (Wildman–Crippen MR) is 97.7 cm³/mol. The lowest BCUT2D eigenvalue weighted by atomic mass is 10.0. The van der Waals surface area contributed by atoms with Gasteiger partial charge in [-0.25, -0.2) is 0 Å². The molecule has 130 valence electrons. The van der Waals surface area contributed by atoms with Crippen molar-refractivity contribution in [1.29, 1.82) is 0 Å². The number of carbonyl (C=O) groups excluding carboxylic acids is 1. The van der Waals surface area contributed by atoms with Crippen molar-refractivity contribution in [2.24, 2.45) is 0 Å². The van der Waals surface area contributed by atoms with Gasteiger partial charge >= 0.3 is 0 Å². The predicted octanol–water partition coefficient (Wildman–Crippen LogP) is 3.03. The molecule has 1 fully saturated rings. The topological polar surface area (TPSA) is 59.0 Å². The van der Waals surface area contributed by atoms with Gasteiger partial charge in [0.25, 0.3) is 5.91 Å². The van der Waals surface area contributed by atoms with Crippen molar-refractivity contribution in [3.05, 3.63) is 53.3 Å². The molecule has 2 unspecified atom stereocenters. The molecule has 6 heteroatoms. The SMILES string of the molecule is Cc1ccccc1C(C)NC(=O)c1ccn(C2CCCNC2)n1.Cl. The number of benzene rings is 1. The molecule has 1 aromatic heterocycles. The highest BCUT2D eigenvalue weighted by molar-refractivity contribution is 5.92. The summed E-state index contributed by atoms with van der Waals surface area (Å²) in [5.41, 5.74) is 2.80. The molecule has 1 aliphatic heterocycles. The highest BCUT2D eigenvalue weighted by atomic mass is 35.5. The summed E-state index contributed by atoms with van der Waals surface area (Å²) in [6.45, 7) is 6.05. The number of nitrogens with zero attached hydrogens (tertiary/aromatic N) is 2. The Morgan fingerprint density at radius 1 is 1.38 bits per heavy atom. The maximum Gasteiger partial charge on any atom is 0.272 e. The molecular formula is C18H25ClN4O. The summed E-state index contributed by atoms with van der Waals surface area (Å²) in [6.07, 6.45) is 4.16. The molecule has 2 atom stereocenters. The summed E-state index contributed by atoms with van der Waals surface area (Å²) in [5, 5.41) is 10.9. The van der Waals surface area contributed by atoms with Crippen molar-refractivity contribution in [3.8, 4) is 0 Å². The fourth-order valence-corrected chi connectivity index (χ4v) is 3.14. The molecule has 3 rings (SSSR count). The Balaban J connectivity index is 0.00000208. The number of halogens is 1. The van der Waals surface area contributed by atoms with Gasteiger partial charge in [0.05, 0.1) is 12.1 Å². The van der Waals surface area contributed by atoms with Crippen molar-refractivity contribution in [2.45, 2.75) is 38.8 Å². The number of hydrogen-bond acceptors (Lipinski definition) is 3. The number of amides is 1. The molecule has 5 nitrogen and oxygen atoms in total. The van der Waals surface area contributed by atoms with Crippen LogP contribution in [-0.2, 0) is 0 Å². The molecule has 1 aromatic carbocycles. The van der Waals surface area contributed by atoms with Gasteiger partial charge in [0, 0.05) is 12.7 Å². The third-order valence-corrected chi connectivity index (χ3v) is 4.49. The Kier molecular flexibility index (Phi) is 6.40. The number of carbonyl (C=O) groups is 1. The van der Waals surface area contributed by atoms with Crippen LogP contribution in [0.5, 0.6) is 0 Å². The van der Waals surface area contributed by atoms with Gasteiger partial charge < -0.3 is 10.6 Å². The average molecular weight is 349 g/mol. The molecule has 0 bridgehead atoms. The fraction of sp³-hybridized carbons (Fsp3) is 0.444. The van der Waals surface area contributed by atoms with E-state index in [1.807, 2.05) is 36.0 Å². The Morgan fingerprint density at radius 3 is 2.88 bits per heavy atom. The van der Waals surface area contributed by atoms with Gasteiger partial charge in [-0.2, -0.15) is 5.10 Å². The van der Waals surface area contributed by atoms with E-state index in [0.29, 0.717) is 11.7 Å². The van der Waals surface area contributed by atoms with Crippen molar-refractivity contribution in [3.63, 3.8) is 0 Å². The lowest BCUT2D eigenvalue weighted by Crippen LogP contribution is -2.32. The molecule has 1 amide bonds. The van der Waals surface area contributed by atoms with Crippen LogP contribution in [0.2, 0.25) is 0 Å². The van der Waals surface area contributed by atoms with Crippen LogP contribution in [0.15, 0.2) is 36.5 Å². The third kappa shape index (κ3) is 4.16. The van der Waals surface area contributed by atoms with Crippen LogP contribution in [-0.4, -0.2) is 28.8 Å². The molecule has 24 heavy (non-hydrogen) atoms. The van der Waals surface area contributed by atoms with E-state index in [-0.39, 0.29) is 24.4 Å². The second-order valence-electron chi connectivity index (χ2n) is 6.23.